The predicted molar refractivity (Wildman–Crippen MR) is 148 cm³/mol. The van der Waals surface area contributed by atoms with Gasteiger partial charge in [0.2, 0.25) is 5.91 Å². The number of hydrogen-bond donors (Lipinski definition) is 3. The highest BCUT2D eigenvalue weighted by Gasteiger charge is 2.47. The summed E-state index contributed by atoms with van der Waals surface area (Å²) in [5, 5.41) is 14.6. The minimum Gasteiger partial charge on any atom is -0.491 e. The van der Waals surface area contributed by atoms with Crippen molar-refractivity contribution in [2.45, 2.75) is 31.8 Å². The molecule has 0 aromatic heterocycles. The van der Waals surface area contributed by atoms with Crippen molar-refractivity contribution in [3.63, 3.8) is 0 Å². The average molecular weight is 613 g/mol. The van der Waals surface area contributed by atoms with E-state index in [4.69, 9.17) is 9.84 Å². The summed E-state index contributed by atoms with van der Waals surface area (Å²) in [5.41, 5.74) is 2.90. The molecule has 192 valence electrons. The maximum atomic E-state index is 13.7. The molecule has 0 bridgehead atoms. The number of ether oxygens (including phenoxy) is 1. The highest BCUT2D eigenvalue weighted by molar-refractivity contribution is 14.1. The van der Waals surface area contributed by atoms with Crippen molar-refractivity contribution in [3.05, 3.63) is 93.1 Å². The molecule has 1 heterocycles. The van der Waals surface area contributed by atoms with Crippen LogP contribution in [0.2, 0.25) is 0 Å². The largest absolute Gasteiger partial charge is 0.491 e. The number of aliphatic hydroxyl groups is 1. The van der Waals surface area contributed by atoms with E-state index in [1.54, 1.807) is 24.3 Å². The second-order valence-electron chi connectivity index (χ2n) is 8.82. The summed E-state index contributed by atoms with van der Waals surface area (Å²) < 4.78 is 6.41. The van der Waals surface area contributed by atoms with Gasteiger partial charge in [-0.05, 0) is 76.5 Å². The van der Waals surface area contributed by atoms with Crippen LogP contribution in [0.5, 0.6) is 5.75 Å². The molecule has 1 fully saturated rings. The topological polar surface area (TPSA) is 108 Å². The van der Waals surface area contributed by atoms with Crippen LogP contribution in [0.4, 0.5) is 10.5 Å². The number of benzene rings is 3. The van der Waals surface area contributed by atoms with Crippen LogP contribution < -0.4 is 15.4 Å². The van der Waals surface area contributed by atoms with E-state index in [2.05, 4.69) is 33.2 Å². The summed E-state index contributed by atoms with van der Waals surface area (Å²) in [5.74, 6) is -0.879. The number of nitrogens with zero attached hydrogens (tertiary/aromatic N) is 1. The molecular weight excluding hydrogens is 585 g/mol. The molecule has 0 spiro atoms. The monoisotopic (exact) mass is 613 g/mol. The van der Waals surface area contributed by atoms with Crippen LogP contribution in [0.25, 0.3) is 0 Å². The molecule has 0 radical (unpaired) electrons. The number of hydrogen-bond acceptors (Lipinski definition) is 5. The molecular formula is C28H28IN3O5. The third kappa shape index (κ3) is 5.94. The van der Waals surface area contributed by atoms with Crippen LogP contribution in [0.1, 0.15) is 35.6 Å². The molecule has 1 aliphatic heterocycles. The van der Waals surface area contributed by atoms with Crippen LogP contribution in [-0.4, -0.2) is 47.1 Å². The van der Waals surface area contributed by atoms with Gasteiger partial charge in [0.1, 0.15) is 24.4 Å². The molecule has 1 saturated heterocycles. The summed E-state index contributed by atoms with van der Waals surface area (Å²) in [6.07, 6.45) is 0. The number of rotatable bonds is 9. The van der Waals surface area contributed by atoms with Gasteiger partial charge in [-0.2, -0.15) is 0 Å². The van der Waals surface area contributed by atoms with Gasteiger partial charge in [-0.1, -0.05) is 49.4 Å². The molecule has 3 aromatic rings. The highest BCUT2D eigenvalue weighted by Crippen LogP contribution is 2.32. The lowest BCUT2D eigenvalue weighted by molar-refractivity contribution is -0.134. The van der Waals surface area contributed by atoms with E-state index >= 15 is 0 Å². The van der Waals surface area contributed by atoms with E-state index in [1.165, 1.54) is 0 Å². The fraction of sp³-hybridized carbons (Fsp3) is 0.250. The normalized spacial score (nSPS) is 16.8. The standard InChI is InChI=1S/C28H28IN3O5/c1-17-16-21(29)10-13-23(17)30-26(34)25(18(2)19-6-4-3-5-7-19)32-27(35)24(31-28(32)36)20-8-11-22(12-9-20)37-15-14-33/h3-13,16,18,24-25,33H,14-15H2,1-2H3,(H,30,34)(H,31,36)/t18?,24-,25?/m1/s1. The molecule has 0 saturated carbocycles. The lowest BCUT2D eigenvalue weighted by atomic mass is 9.91. The van der Waals surface area contributed by atoms with Gasteiger partial charge in [-0.3, -0.25) is 9.59 Å². The summed E-state index contributed by atoms with van der Waals surface area (Å²) in [7, 11) is 0. The zero-order valence-electron chi connectivity index (χ0n) is 20.5. The molecule has 3 aromatic carbocycles. The Balaban J connectivity index is 1.64. The Bertz CT molecular complexity index is 1280. The van der Waals surface area contributed by atoms with Crippen molar-refractivity contribution in [1.29, 1.82) is 0 Å². The number of halogens is 1. The summed E-state index contributed by atoms with van der Waals surface area (Å²) in [6, 6.07) is 19.1. The number of urea groups is 1. The van der Waals surface area contributed by atoms with Crippen LogP contribution in [-0.2, 0) is 9.59 Å². The Morgan fingerprint density at radius 3 is 2.46 bits per heavy atom. The van der Waals surface area contributed by atoms with E-state index in [-0.39, 0.29) is 13.2 Å². The van der Waals surface area contributed by atoms with Gasteiger partial charge in [0.15, 0.2) is 0 Å². The highest BCUT2D eigenvalue weighted by atomic mass is 127. The molecule has 4 rings (SSSR count). The van der Waals surface area contributed by atoms with Crippen molar-refractivity contribution in [3.8, 4) is 5.75 Å². The van der Waals surface area contributed by atoms with Gasteiger partial charge in [0.25, 0.3) is 5.91 Å². The zero-order valence-corrected chi connectivity index (χ0v) is 22.6. The van der Waals surface area contributed by atoms with Gasteiger partial charge >= 0.3 is 6.03 Å². The first-order valence-electron chi connectivity index (χ1n) is 11.9. The fourth-order valence-electron chi connectivity index (χ4n) is 4.38. The van der Waals surface area contributed by atoms with Gasteiger partial charge in [-0.25, -0.2) is 9.69 Å². The number of aryl methyl sites for hydroxylation is 1. The van der Waals surface area contributed by atoms with Crippen molar-refractivity contribution in [2.75, 3.05) is 18.5 Å². The Kier molecular flexibility index (Phi) is 8.45. The average Bonchev–Trinajstić information content (AvgIpc) is 3.19. The first kappa shape index (κ1) is 26.6. The van der Waals surface area contributed by atoms with E-state index in [9.17, 15) is 14.4 Å². The van der Waals surface area contributed by atoms with Crippen LogP contribution >= 0.6 is 22.6 Å². The third-order valence-electron chi connectivity index (χ3n) is 6.34. The number of carbonyl (C=O) groups excluding carboxylic acids is 3. The van der Waals surface area contributed by atoms with Crippen LogP contribution in [0, 0.1) is 10.5 Å². The second-order valence-corrected chi connectivity index (χ2v) is 10.1. The van der Waals surface area contributed by atoms with E-state index < -0.39 is 35.8 Å². The maximum absolute atomic E-state index is 13.7. The number of imide groups is 1. The SMILES string of the molecule is Cc1cc(I)ccc1NC(=O)C(C(C)c1ccccc1)N1C(=O)N[C@H](c2ccc(OCCO)cc2)C1=O. The molecule has 9 heteroatoms. The maximum Gasteiger partial charge on any atom is 0.325 e. The second kappa shape index (κ2) is 11.7. The Morgan fingerprint density at radius 1 is 1.11 bits per heavy atom. The number of carbonyl (C=O) groups is 3. The lowest BCUT2D eigenvalue weighted by Crippen LogP contribution is -2.50. The number of aliphatic hydroxyl groups excluding tert-OH is 1. The Hall–Kier alpha value is -3.44. The molecule has 3 atom stereocenters. The molecule has 37 heavy (non-hydrogen) atoms. The Morgan fingerprint density at radius 2 is 1.81 bits per heavy atom. The first-order valence-corrected chi connectivity index (χ1v) is 13.0. The first-order chi connectivity index (χ1) is 17.8. The minimum absolute atomic E-state index is 0.112. The summed E-state index contributed by atoms with van der Waals surface area (Å²) in [4.78, 5) is 41.5. The smallest absolute Gasteiger partial charge is 0.325 e. The summed E-state index contributed by atoms with van der Waals surface area (Å²) in [6.45, 7) is 3.77. The molecule has 8 nitrogen and oxygen atoms in total. The summed E-state index contributed by atoms with van der Waals surface area (Å²) >= 11 is 2.20. The van der Waals surface area contributed by atoms with Crippen molar-refractivity contribution < 1.29 is 24.2 Å². The lowest BCUT2D eigenvalue weighted by Gasteiger charge is -2.30. The van der Waals surface area contributed by atoms with Gasteiger partial charge < -0.3 is 20.5 Å². The molecule has 1 aliphatic rings. The molecule has 2 unspecified atom stereocenters. The molecule has 0 aliphatic carbocycles. The predicted octanol–water partition coefficient (Wildman–Crippen LogP) is 4.37. The van der Waals surface area contributed by atoms with Crippen LogP contribution in [0.15, 0.2) is 72.8 Å². The van der Waals surface area contributed by atoms with Crippen molar-refractivity contribution >= 4 is 46.1 Å². The van der Waals surface area contributed by atoms with Gasteiger partial charge in [-0.15, -0.1) is 0 Å². The van der Waals surface area contributed by atoms with E-state index in [0.29, 0.717) is 17.0 Å². The molecule has 4 amide bonds. The third-order valence-corrected chi connectivity index (χ3v) is 7.01. The number of nitrogens with one attached hydrogen (secondary N) is 2. The van der Waals surface area contributed by atoms with Crippen molar-refractivity contribution in [2.24, 2.45) is 0 Å². The fourth-order valence-corrected chi connectivity index (χ4v) is 5.03. The zero-order chi connectivity index (χ0) is 26.5. The van der Waals surface area contributed by atoms with E-state index in [1.807, 2.05) is 62.4 Å². The minimum atomic E-state index is -1.08. The van der Waals surface area contributed by atoms with Crippen molar-refractivity contribution in [1.82, 2.24) is 10.2 Å². The quantitative estimate of drug-likeness (QED) is 0.246. The molecule has 3 N–H and O–H groups in total. The van der Waals surface area contributed by atoms with Gasteiger partial charge in [0, 0.05) is 15.2 Å². The number of anilines is 1. The van der Waals surface area contributed by atoms with E-state index in [0.717, 1.165) is 19.6 Å². The van der Waals surface area contributed by atoms with Gasteiger partial charge in [0.05, 0.1) is 6.61 Å². The van der Waals surface area contributed by atoms with Crippen LogP contribution in [0.3, 0.4) is 0 Å². The Labute approximate surface area is 229 Å². The number of amides is 4.